The summed E-state index contributed by atoms with van der Waals surface area (Å²) in [5.41, 5.74) is 3.94. The molecule has 7 heteroatoms. The lowest BCUT2D eigenvalue weighted by atomic mass is 9.86. The van der Waals surface area contributed by atoms with Crippen molar-refractivity contribution in [2.45, 2.75) is 25.0 Å². The molecular weight excluding hydrogens is 398 g/mol. The second-order valence-electron chi connectivity index (χ2n) is 9.03. The van der Waals surface area contributed by atoms with Crippen molar-refractivity contribution in [1.29, 1.82) is 5.26 Å². The van der Waals surface area contributed by atoms with Crippen molar-refractivity contribution >= 4 is 22.4 Å². The molecule has 0 spiro atoms. The molecule has 4 aliphatic heterocycles. The van der Waals surface area contributed by atoms with Crippen LogP contribution in [-0.2, 0) is 6.54 Å². The number of hydrogen-bond donors (Lipinski definition) is 1. The van der Waals surface area contributed by atoms with Crippen LogP contribution in [0.1, 0.15) is 17.5 Å². The van der Waals surface area contributed by atoms with Crippen LogP contribution in [0.4, 0.5) is 11.5 Å². The number of piperidine rings is 1. The number of nitrogens with one attached hydrogen (secondary N) is 1. The van der Waals surface area contributed by atoms with Gasteiger partial charge in [-0.25, -0.2) is 4.98 Å². The topological polar surface area (TPSA) is 71.3 Å². The van der Waals surface area contributed by atoms with E-state index < -0.39 is 0 Å². The zero-order chi connectivity index (χ0) is 21.5. The Morgan fingerprint density at radius 3 is 2.59 bits per heavy atom. The maximum absolute atomic E-state index is 9.43. The smallest absolute Gasteiger partial charge is 0.128 e. The molecule has 2 bridgehead atoms. The van der Waals surface area contributed by atoms with Crippen LogP contribution in [0.15, 0.2) is 48.8 Å². The van der Waals surface area contributed by atoms with E-state index in [0.29, 0.717) is 17.6 Å². The number of pyridine rings is 2. The fraction of sp³-hybridized carbons (Fsp3) is 0.400. The second kappa shape index (κ2) is 8.05. The minimum atomic E-state index is 0.559. The number of fused-ring (bicyclic) bond motifs is 3. The quantitative estimate of drug-likeness (QED) is 0.688. The molecule has 7 nitrogen and oxygen atoms in total. The number of benzene rings is 1. The molecule has 0 amide bonds. The van der Waals surface area contributed by atoms with E-state index in [1.807, 2.05) is 12.1 Å². The monoisotopic (exact) mass is 425 g/mol. The zero-order valence-electron chi connectivity index (χ0n) is 18.1. The maximum atomic E-state index is 9.43. The number of rotatable bonds is 4. The molecular formula is C25H27N7. The van der Waals surface area contributed by atoms with Gasteiger partial charge >= 0.3 is 0 Å². The van der Waals surface area contributed by atoms with Gasteiger partial charge in [-0.1, -0.05) is 6.07 Å². The van der Waals surface area contributed by atoms with E-state index in [2.05, 4.69) is 61.5 Å². The van der Waals surface area contributed by atoms with Gasteiger partial charge in [-0.15, -0.1) is 0 Å². The van der Waals surface area contributed by atoms with Crippen LogP contribution < -0.4 is 15.1 Å². The van der Waals surface area contributed by atoms with Gasteiger partial charge in [0.1, 0.15) is 11.9 Å². The Morgan fingerprint density at radius 1 is 1.00 bits per heavy atom. The van der Waals surface area contributed by atoms with Crippen molar-refractivity contribution in [3.05, 3.63) is 59.9 Å². The first-order valence-corrected chi connectivity index (χ1v) is 11.5. The van der Waals surface area contributed by atoms with Gasteiger partial charge in [0.15, 0.2) is 0 Å². The summed E-state index contributed by atoms with van der Waals surface area (Å²) in [6.07, 6.45) is 5.09. The standard InChI is InChI=1S/C25H27N7/c26-13-19-4-5-23(22-2-1-7-28-25(19)22)31-16-20-12-21(17-31)32(20)15-18-3-6-24(29-14-18)30-10-8-27-9-11-30/h1-7,14,20-21,27H,8-12,15-17H2. The summed E-state index contributed by atoms with van der Waals surface area (Å²) in [6, 6.07) is 15.9. The first-order valence-electron chi connectivity index (χ1n) is 11.5. The Balaban J connectivity index is 1.15. The molecule has 2 atom stereocenters. The minimum Gasteiger partial charge on any atom is -0.368 e. The van der Waals surface area contributed by atoms with E-state index in [0.717, 1.165) is 62.5 Å². The highest BCUT2D eigenvalue weighted by atomic mass is 15.4. The summed E-state index contributed by atoms with van der Waals surface area (Å²) in [7, 11) is 0. The largest absolute Gasteiger partial charge is 0.368 e. The van der Waals surface area contributed by atoms with E-state index >= 15 is 0 Å². The molecule has 2 unspecified atom stereocenters. The molecule has 32 heavy (non-hydrogen) atoms. The lowest BCUT2D eigenvalue weighted by Gasteiger charge is -2.57. The predicted octanol–water partition coefficient (Wildman–Crippen LogP) is 2.37. The van der Waals surface area contributed by atoms with E-state index in [9.17, 15) is 5.26 Å². The molecule has 162 valence electrons. The molecule has 4 fully saturated rings. The Morgan fingerprint density at radius 2 is 1.84 bits per heavy atom. The fourth-order valence-corrected chi connectivity index (χ4v) is 5.47. The predicted molar refractivity (Wildman–Crippen MR) is 126 cm³/mol. The summed E-state index contributed by atoms with van der Waals surface area (Å²) in [5.74, 6) is 1.09. The van der Waals surface area contributed by atoms with Gasteiger partial charge in [0.05, 0.1) is 11.1 Å². The highest BCUT2D eigenvalue weighted by molar-refractivity contribution is 5.95. The fourth-order valence-electron chi connectivity index (χ4n) is 5.47. The molecule has 0 saturated carbocycles. The second-order valence-corrected chi connectivity index (χ2v) is 9.03. The third kappa shape index (κ3) is 3.36. The normalized spacial score (nSPS) is 23.1. The molecule has 1 N–H and O–H groups in total. The Labute approximate surface area is 188 Å². The maximum Gasteiger partial charge on any atom is 0.128 e. The Bertz CT molecular complexity index is 1150. The van der Waals surface area contributed by atoms with Crippen molar-refractivity contribution in [3.63, 3.8) is 0 Å². The molecule has 4 aliphatic rings. The van der Waals surface area contributed by atoms with Crippen LogP contribution in [0, 0.1) is 11.3 Å². The van der Waals surface area contributed by atoms with Crippen molar-refractivity contribution in [2.24, 2.45) is 0 Å². The zero-order valence-corrected chi connectivity index (χ0v) is 18.1. The van der Waals surface area contributed by atoms with Crippen LogP contribution in [0.25, 0.3) is 10.9 Å². The van der Waals surface area contributed by atoms with Gasteiger partial charge in [-0.2, -0.15) is 5.26 Å². The molecule has 6 heterocycles. The number of hydrogen-bond acceptors (Lipinski definition) is 7. The minimum absolute atomic E-state index is 0.559. The van der Waals surface area contributed by atoms with Gasteiger partial charge in [-0.05, 0) is 42.3 Å². The van der Waals surface area contributed by atoms with E-state index in [1.54, 1.807) is 6.20 Å². The highest BCUT2D eigenvalue weighted by Gasteiger charge is 2.44. The molecule has 4 saturated heterocycles. The van der Waals surface area contributed by atoms with Crippen molar-refractivity contribution < 1.29 is 0 Å². The van der Waals surface area contributed by atoms with Gasteiger partial charge in [0.25, 0.3) is 0 Å². The van der Waals surface area contributed by atoms with Gasteiger partial charge in [-0.3, -0.25) is 9.88 Å². The van der Waals surface area contributed by atoms with Crippen molar-refractivity contribution in [1.82, 2.24) is 20.2 Å². The first kappa shape index (κ1) is 19.5. The molecule has 1 aromatic carbocycles. The summed E-state index contributed by atoms with van der Waals surface area (Å²) >= 11 is 0. The van der Waals surface area contributed by atoms with Crippen LogP contribution in [-0.4, -0.2) is 66.2 Å². The molecule has 7 rings (SSSR count). The van der Waals surface area contributed by atoms with Gasteiger partial charge < -0.3 is 15.1 Å². The third-order valence-corrected chi connectivity index (χ3v) is 7.17. The summed E-state index contributed by atoms with van der Waals surface area (Å²) < 4.78 is 0. The van der Waals surface area contributed by atoms with E-state index in [1.165, 1.54) is 17.7 Å². The number of anilines is 2. The van der Waals surface area contributed by atoms with Crippen LogP contribution in [0.3, 0.4) is 0 Å². The number of aromatic nitrogens is 2. The first-order chi connectivity index (χ1) is 15.8. The summed E-state index contributed by atoms with van der Waals surface area (Å²) in [5, 5.41) is 13.9. The Kier molecular flexibility index (Phi) is 4.90. The lowest BCUT2D eigenvalue weighted by molar-refractivity contribution is -0.00840. The molecule has 2 aromatic heterocycles. The van der Waals surface area contributed by atoms with E-state index in [4.69, 9.17) is 4.98 Å². The average Bonchev–Trinajstić information content (AvgIpc) is 2.87. The van der Waals surface area contributed by atoms with Crippen LogP contribution in [0.5, 0.6) is 0 Å². The molecule has 0 aliphatic carbocycles. The van der Waals surface area contributed by atoms with Gasteiger partial charge in [0, 0.05) is 81.4 Å². The van der Waals surface area contributed by atoms with Crippen LogP contribution in [0.2, 0.25) is 0 Å². The third-order valence-electron chi connectivity index (χ3n) is 7.17. The number of piperazine rings is 2. The van der Waals surface area contributed by atoms with Gasteiger partial charge in [0.2, 0.25) is 0 Å². The Hall–Kier alpha value is -3.21. The van der Waals surface area contributed by atoms with Crippen molar-refractivity contribution in [2.75, 3.05) is 49.1 Å². The van der Waals surface area contributed by atoms with Crippen molar-refractivity contribution in [3.8, 4) is 6.07 Å². The lowest BCUT2D eigenvalue weighted by Crippen LogP contribution is -2.68. The summed E-state index contributed by atoms with van der Waals surface area (Å²) in [4.78, 5) is 16.7. The highest BCUT2D eigenvalue weighted by Crippen LogP contribution is 2.38. The number of nitriles is 1. The SMILES string of the molecule is N#Cc1ccc(N2CC3CC(C2)N3Cc2ccc(N3CCNCC3)nc2)c2cccnc12. The number of nitrogens with zero attached hydrogens (tertiary/aromatic N) is 6. The molecule has 3 aromatic rings. The summed E-state index contributed by atoms with van der Waals surface area (Å²) in [6.45, 7) is 7.10. The average molecular weight is 426 g/mol. The van der Waals surface area contributed by atoms with E-state index in [-0.39, 0.29) is 0 Å². The molecule has 0 radical (unpaired) electrons. The van der Waals surface area contributed by atoms with Crippen LogP contribution >= 0.6 is 0 Å².